The number of nitrogens with zero attached hydrogens (tertiary/aromatic N) is 4. The van der Waals surface area contributed by atoms with Gasteiger partial charge in [0.2, 0.25) is 0 Å². The summed E-state index contributed by atoms with van der Waals surface area (Å²) in [5.41, 5.74) is 3.27. The summed E-state index contributed by atoms with van der Waals surface area (Å²) in [5, 5.41) is 9.10. The van der Waals surface area contributed by atoms with Crippen LogP contribution in [0.5, 0.6) is 0 Å². The highest BCUT2D eigenvalue weighted by molar-refractivity contribution is 5.72. The third-order valence-electron chi connectivity index (χ3n) is 5.18. The standard InChI is InChI=1S/C18H20N4O2/c1-22(13-8-12(9-13)18(23)24)17-14-5-2-6-15(14)20-16(21-17)11-4-3-7-19-10-11/h3-4,7,10,12-13H,2,5-6,8-9H2,1H3,(H,23,24). The number of fused-ring (bicyclic) bond motifs is 1. The Morgan fingerprint density at radius 1 is 1.29 bits per heavy atom. The number of aromatic nitrogens is 3. The van der Waals surface area contributed by atoms with Crippen molar-refractivity contribution in [3.05, 3.63) is 35.8 Å². The van der Waals surface area contributed by atoms with Crippen LogP contribution in [0.15, 0.2) is 24.5 Å². The van der Waals surface area contributed by atoms with Crippen LogP contribution in [0.25, 0.3) is 11.4 Å². The minimum Gasteiger partial charge on any atom is -0.481 e. The summed E-state index contributed by atoms with van der Waals surface area (Å²) in [6, 6.07) is 4.10. The first-order valence-electron chi connectivity index (χ1n) is 8.39. The highest BCUT2D eigenvalue weighted by Crippen LogP contribution is 2.37. The number of carboxylic acids is 1. The molecular formula is C18H20N4O2. The van der Waals surface area contributed by atoms with Gasteiger partial charge in [-0.1, -0.05) is 0 Å². The number of rotatable bonds is 4. The fourth-order valence-electron chi connectivity index (χ4n) is 3.61. The Morgan fingerprint density at radius 3 is 2.83 bits per heavy atom. The molecule has 2 aliphatic carbocycles. The Kier molecular flexibility index (Phi) is 3.67. The summed E-state index contributed by atoms with van der Waals surface area (Å²) in [6.07, 6.45) is 7.98. The lowest BCUT2D eigenvalue weighted by atomic mass is 9.79. The zero-order chi connectivity index (χ0) is 16.7. The summed E-state index contributed by atoms with van der Waals surface area (Å²) in [6.45, 7) is 0. The summed E-state index contributed by atoms with van der Waals surface area (Å²) in [5.74, 6) is 0.763. The fraction of sp³-hybridized carbons (Fsp3) is 0.444. The van der Waals surface area contributed by atoms with Crippen LogP contribution >= 0.6 is 0 Å². The Bertz CT molecular complexity index is 772. The largest absolute Gasteiger partial charge is 0.481 e. The number of hydrogen-bond donors (Lipinski definition) is 1. The van der Waals surface area contributed by atoms with E-state index >= 15 is 0 Å². The number of aliphatic carboxylic acids is 1. The maximum atomic E-state index is 11.1. The van der Waals surface area contributed by atoms with E-state index in [1.165, 1.54) is 5.56 Å². The molecule has 0 bridgehead atoms. The maximum Gasteiger partial charge on any atom is 0.306 e. The van der Waals surface area contributed by atoms with Crippen LogP contribution in [-0.2, 0) is 17.6 Å². The molecule has 0 radical (unpaired) electrons. The van der Waals surface area contributed by atoms with Crippen LogP contribution < -0.4 is 4.90 Å². The average molecular weight is 324 g/mol. The van der Waals surface area contributed by atoms with Gasteiger partial charge in [-0.2, -0.15) is 0 Å². The van der Waals surface area contributed by atoms with Crippen molar-refractivity contribution in [2.75, 3.05) is 11.9 Å². The minimum atomic E-state index is -0.691. The lowest BCUT2D eigenvalue weighted by Crippen LogP contribution is -2.46. The molecule has 2 heterocycles. The molecule has 6 nitrogen and oxygen atoms in total. The first-order valence-corrected chi connectivity index (χ1v) is 8.39. The number of carboxylic acid groups (broad SMARTS) is 1. The van der Waals surface area contributed by atoms with Crippen LogP contribution in [0.3, 0.4) is 0 Å². The first kappa shape index (κ1) is 15.1. The first-order chi connectivity index (χ1) is 11.6. The van der Waals surface area contributed by atoms with Crippen LogP contribution in [0.2, 0.25) is 0 Å². The van der Waals surface area contributed by atoms with Gasteiger partial charge in [0.25, 0.3) is 0 Å². The molecular weight excluding hydrogens is 304 g/mol. The molecule has 0 atom stereocenters. The van der Waals surface area contributed by atoms with E-state index in [0.717, 1.165) is 36.3 Å². The van der Waals surface area contributed by atoms with Crippen LogP contribution in [-0.4, -0.2) is 39.1 Å². The third-order valence-corrected chi connectivity index (χ3v) is 5.18. The molecule has 24 heavy (non-hydrogen) atoms. The third kappa shape index (κ3) is 2.52. The highest BCUT2D eigenvalue weighted by atomic mass is 16.4. The van der Waals surface area contributed by atoms with E-state index in [4.69, 9.17) is 15.1 Å². The van der Waals surface area contributed by atoms with Gasteiger partial charge < -0.3 is 10.0 Å². The molecule has 6 heteroatoms. The Balaban J connectivity index is 1.67. The monoisotopic (exact) mass is 324 g/mol. The Labute approximate surface area is 140 Å². The fourth-order valence-corrected chi connectivity index (χ4v) is 3.61. The van der Waals surface area contributed by atoms with E-state index in [-0.39, 0.29) is 12.0 Å². The second-order valence-corrected chi connectivity index (χ2v) is 6.66. The van der Waals surface area contributed by atoms with Crippen LogP contribution in [0.4, 0.5) is 5.82 Å². The molecule has 0 saturated heterocycles. The molecule has 0 unspecified atom stereocenters. The van der Waals surface area contributed by atoms with Gasteiger partial charge in [0.1, 0.15) is 5.82 Å². The second-order valence-electron chi connectivity index (χ2n) is 6.66. The predicted molar refractivity (Wildman–Crippen MR) is 89.8 cm³/mol. The lowest BCUT2D eigenvalue weighted by molar-refractivity contribution is -0.145. The van der Waals surface area contributed by atoms with E-state index in [1.807, 2.05) is 19.2 Å². The maximum absolute atomic E-state index is 11.1. The quantitative estimate of drug-likeness (QED) is 0.930. The van der Waals surface area contributed by atoms with E-state index in [1.54, 1.807) is 12.4 Å². The lowest BCUT2D eigenvalue weighted by Gasteiger charge is -2.40. The zero-order valence-corrected chi connectivity index (χ0v) is 13.6. The molecule has 0 spiro atoms. The number of aryl methyl sites for hydroxylation is 1. The minimum absolute atomic E-state index is 0.217. The van der Waals surface area contributed by atoms with Gasteiger partial charge in [-0.25, -0.2) is 9.97 Å². The smallest absolute Gasteiger partial charge is 0.306 e. The SMILES string of the molecule is CN(c1nc(-c2cccnc2)nc2c1CCC2)C1CC(C(=O)O)C1. The predicted octanol–water partition coefficient (Wildman–Crippen LogP) is 2.33. The number of anilines is 1. The van der Waals surface area contributed by atoms with Gasteiger partial charge in [0.15, 0.2) is 5.82 Å². The van der Waals surface area contributed by atoms with Crippen LogP contribution in [0.1, 0.15) is 30.5 Å². The van der Waals surface area contributed by atoms with Gasteiger partial charge in [-0.15, -0.1) is 0 Å². The molecule has 0 aromatic carbocycles. The molecule has 0 aliphatic heterocycles. The molecule has 1 saturated carbocycles. The van der Waals surface area contributed by atoms with Crippen molar-refractivity contribution in [2.45, 2.75) is 38.1 Å². The van der Waals surface area contributed by atoms with Crippen molar-refractivity contribution in [2.24, 2.45) is 5.92 Å². The van der Waals surface area contributed by atoms with Crippen molar-refractivity contribution < 1.29 is 9.90 Å². The van der Waals surface area contributed by atoms with Gasteiger partial charge in [-0.05, 0) is 44.2 Å². The van der Waals surface area contributed by atoms with E-state index < -0.39 is 5.97 Å². The van der Waals surface area contributed by atoms with Crippen molar-refractivity contribution in [3.63, 3.8) is 0 Å². The molecule has 1 fully saturated rings. The second kappa shape index (κ2) is 5.85. The zero-order valence-electron chi connectivity index (χ0n) is 13.6. The average Bonchev–Trinajstić information content (AvgIpc) is 3.01. The molecule has 2 aromatic heterocycles. The molecule has 2 aromatic rings. The summed E-state index contributed by atoms with van der Waals surface area (Å²) < 4.78 is 0. The van der Waals surface area contributed by atoms with Crippen LogP contribution in [0, 0.1) is 5.92 Å². The molecule has 1 N–H and O–H groups in total. The van der Waals surface area contributed by atoms with Gasteiger partial charge in [0, 0.05) is 42.3 Å². The molecule has 4 rings (SSSR count). The summed E-state index contributed by atoms with van der Waals surface area (Å²) in [4.78, 5) is 26.9. The van der Waals surface area contributed by atoms with Crippen molar-refractivity contribution in [1.82, 2.24) is 15.0 Å². The van der Waals surface area contributed by atoms with Crippen molar-refractivity contribution in [1.29, 1.82) is 0 Å². The van der Waals surface area contributed by atoms with Crippen molar-refractivity contribution in [3.8, 4) is 11.4 Å². The summed E-state index contributed by atoms with van der Waals surface area (Å²) in [7, 11) is 2.02. The topological polar surface area (TPSA) is 79.2 Å². The Hall–Kier alpha value is -2.50. The molecule has 124 valence electrons. The summed E-state index contributed by atoms with van der Waals surface area (Å²) >= 11 is 0. The van der Waals surface area contributed by atoms with E-state index in [0.29, 0.717) is 18.7 Å². The van der Waals surface area contributed by atoms with E-state index in [2.05, 4.69) is 9.88 Å². The number of carbonyl (C=O) groups is 1. The molecule has 0 amide bonds. The van der Waals surface area contributed by atoms with Crippen molar-refractivity contribution >= 4 is 11.8 Å². The van der Waals surface area contributed by atoms with Gasteiger partial charge in [0.05, 0.1) is 5.92 Å². The Morgan fingerprint density at radius 2 is 2.12 bits per heavy atom. The van der Waals surface area contributed by atoms with E-state index in [9.17, 15) is 4.79 Å². The van der Waals surface area contributed by atoms with Gasteiger partial charge >= 0.3 is 5.97 Å². The van der Waals surface area contributed by atoms with Gasteiger partial charge in [-0.3, -0.25) is 9.78 Å². The number of pyridine rings is 1. The highest BCUT2D eigenvalue weighted by Gasteiger charge is 2.38. The normalized spacial score (nSPS) is 21.9. The molecule has 2 aliphatic rings. The number of hydrogen-bond acceptors (Lipinski definition) is 5.